The summed E-state index contributed by atoms with van der Waals surface area (Å²) in [6.45, 7) is 4.35. The van der Waals surface area contributed by atoms with E-state index in [-0.39, 0.29) is 5.91 Å². The number of hydrogen-bond acceptors (Lipinski definition) is 3. The SMILES string of the molecule is C=CCN(Cc1ccc(OC)c(OC)c1)C(=O)C(Cl)Cl. The second-order valence-electron chi connectivity index (χ2n) is 4.00. The van der Waals surface area contributed by atoms with Crippen LogP contribution >= 0.6 is 23.2 Å². The molecule has 1 rings (SSSR count). The van der Waals surface area contributed by atoms with Gasteiger partial charge >= 0.3 is 0 Å². The van der Waals surface area contributed by atoms with E-state index in [2.05, 4.69) is 6.58 Å². The number of alkyl halides is 2. The normalized spacial score (nSPS) is 10.2. The molecule has 1 aromatic carbocycles. The molecule has 1 amide bonds. The number of carbonyl (C=O) groups excluding carboxylic acids is 1. The number of nitrogens with zero attached hydrogens (tertiary/aromatic N) is 1. The van der Waals surface area contributed by atoms with Crippen molar-refractivity contribution in [1.82, 2.24) is 4.90 Å². The summed E-state index contributed by atoms with van der Waals surface area (Å²) >= 11 is 11.3. The highest BCUT2D eigenvalue weighted by Crippen LogP contribution is 2.28. The molecule has 0 aliphatic rings. The van der Waals surface area contributed by atoms with Crippen LogP contribution in [0.25, 0.3) is 0 Å². The fraction of sp³-hybridized carbons (Fsp3) is 0.357. The van der Waals surface area contributed by atoms with Gasteiger partial charge in [0.25, 0.3) is 5.91 Å². The highest BCUT2D eigenvalue weighted by Gasteiger charge is 2.20. The summed E-state index contributed by atoms with van der Waals surface area (Å²) in [4.78, 5) is 12.3. The van der Waals surface area contributed by atoms with Crippen molar-refractivity contribution in [2.24, 2.45) is 0 Å². The molecular formula is C14H17Cl2NO3. The summed E-state index contributed by atoms with van der Waals surface area (Å²) in [6, 6.07) is 5.44. The number of rotatable bonds is 7. The zero-order chi connectivity index (χ0) is 15.1. The molecule has 6 heteroatoms. The quantitative estimate of drug-likeness (QED) is 0.573. The molecule has 0 aromatic heterocycles. The van der Waals surface area contributed by atoms with Crippen LogP contribution in [0.3, 0.4) is 0 Å². The van der Waals surface area contributed by atoms with Crippen LogP contribution in [0.1, 0.15) is 5.56 Å². The minimum atomic E-state index is -1.09. The predicted octanol–water partition coefficient (Wildman–Crippen LogP) is 3.02. The van der Waals surface area contributed by atoms with Gasteiger partial charge in [0.15, 0.2) is 16.3 Å². The molecule has 0 unspecified atom stereocenters. The molecule has 0 heterocycles. The minimum Gasteiger partial charge on any atom is -0.493 e. The summed E-state index contributed by atoms with van der Waals surface area (Å²) in [5.41, 5.74) is 0.881. The van der Waals surface area contributed by atoms with Gasteiger partial charge in [0, 0.05) is 13.1 Å². The number of halogens is 2. The van der Waals surface area contributed by atoms with Gasteiger partial charge in [-0.1, -0.05) is 35.3 Å². The lowest BCUT2D eigenvalue weighted by Gasteiger charge is -2.22. The lowest BCUT2D eigenvalue weighted by molar-refractivity contribution is -0.129. The minimum absolute atomic E-state index is 0.358. The number of amides is 1. The van der Waals surface area contributed by atoms with Crippen molar-refractivity contribution in [2.75, 3.05) is 20.8 Å². The molecule has 0 saturated carbocycles. The van der Waals surface area contributed by atoms with E-state index in [9.17, 15) is 4.79 Å². The standard InChI is InChI=1S/C14H17Cl2NO3/c1-4-7-17(14(18)13(15)16)9-10-5-6-11(19-2)12(8-10)20-3/h4-6,8,13H,1,7,9H2,2-3H3. The summed E-state index contributed by atoms with van der Waals surface area (Å²) in [7, 11) is 3.12. The van der Waals surface area contributed by atoms with E-state index in [0.717, 1.165) is 5.56 Å². The first-order valence-electron chi connectivity index (χ1n) is 5.92. The molecule has 1 aromatic rings. The van der Waals surface area contributed by atoms with E-state index < -0.39 is 4.84 Å². The Balaban J connectivity index is 2.93. The van der Waals surface area contributed by atoms with Crippen molar-refractivity contribution in [3.8, 4) is 11.5 Å². The van der Waals surface area contributed by atoms with Crippen LogP contribution in [0, 0.1) is 0 Å². The third-order valence-corrected chi connectivity index (χ3v) is 3.04. The van der Waals surface area contributed by atoms with Crippen molar-refractivity contribution in [2.45, 2.75) is 11.4 Å². The molecule has 0 aliphatic carbocycles. The largest absolute Gasteiger partial charge is 0.493 e. The number of carbonyl (C=O) groups is 1. The molecule has 0 saturated heterocycles. The Labute approximate surface area is 128 Å². The van der Waals surface area contributed by atoms with Gasteiger partial charge in [-0.05, 0) is 17.7 Å². The van der Waals surface area contributed by atoms with Crippen LogP contribution < -0.4 is 9.47 Å². The maximum atomic E-state index is 11.9. The third-order valence-electron chi connectivity index (χ3n) is 2.67. The van der Waals surface area contributed by atoms with E-state index >= 15 is 0 Å². The molecule has 0 fully saturated rings. The second kappa shape index (κ2) is 8.02. The highest BCUT2D eigenvalue weighted by atomic mass is 35.5. The maximum Gasteiger partial charge on any atom is 0.256 e. The Kier molecular flexibility index (Phi) is 6.68. The summed E-state index contributed by atoms with van der Waals surface area (Å²) in [6.07, 6.45) is 1.62. The highest BCUT2D eigenvalue weighted by molar-refractivity contribution is 6.53. The fourth-order valence-corrected chi connectivity index (χ4v) is 2.00. The van der Waals surface area contributed by atoms with E-state index in [4.69, 9.17) is 32.7 Å². The first-order chi connectivity index (χ1) is 9.53. The predicted molar refractivity (Wildman–Crippen MR) is 80.7 cm³/mol. The topological polar surface area (TPSA) is 38.8 Å². The van der Waals surface area contributed by atoms with Gasteiger partial charge in [-0.2, -0.15) is 0 Å². The van der Waals surface area contributed by atoms with Gasteiger partial charge < -0.3 is 14.4 Å². The molecule has 110 valence electrons. The van der Waals surface area contributed by atoms with Gasteiger partial charge in [0.05, 0.1) is 14.2 Å². The van der Waals surface area contributed by atoms with Gasteiger partial charge in [-0.15, -0.1) is 6.58 Å². The van der Waals surface area contributed by atoms with Crippen LogP contribution in [0.4, 0.5) is 0 Å². The average molecular weight is 318 g/mol. The average Bonchev–Trinajstić information content (AvgIpc) is 2.45. The van der Waals surface area contributed by atoms with Crippen molar-refractivity contribution in [1.29, 1.82) is 0 Å². The van der Waals surface area contributed by atoms with Crippen LogP contribution in [-0.2, 0) is 11.3 Å². The number of methoxy groups -OCH3 is 2. The molecule has 20 heavy (non-hydrogen) atoms. The Hall–Kier alpha value is -1.39. The Morgan fingerprint density at radius 3 is 2.50 bits per heavy atom. The maximum absolute atomic E-state index is 11.9. The molecule has 4 nitrogen and oxygen atoms in total. The smallest absolute Gasteiger partial charge is 0.256 e. The summed E-state index contributed by atoms with van der Waals surface area (Å²) < 4.78 is 10.4. The Morgan fingerprint density at radius 2 is 2.00 bits per heavy atom. The van der Waals surface area contributed by atoms with Crippen LogP contribution in [0.15, 0.2) is 30.9 Å². The fourth-order valence-electron chi connectivity index (χ4n) is 1.73. The van der Waals surface area contributed by atoms with Crippen LogP contribution in [-0.4, -0.2) is 36.4 Å². The number of benzene rings is 1. The van der Waals surface area contributed by atoms with E-state index in [1.807, 2.05) is 6.07 Å². The first kappa shape index (κ1) is 16.7. The lowest BCUT2D eigenvalue weighted by atomic mass is 10.2. The van der Waals surface area contributed by atoms with Gasteiger partial charge in [-0.25, -0.2) is 0 Å². The van der Waals surface area contributed by atoms with E-state index in [1.165, 1.54) is 4.90 Å². The first-order valence-corrected chi connectivity index (χ1v) is 6.79. The van der Waals surface area contributed by atoms with Gasteiger partial charge in [-0.3, -0.25) is 4.79 Å². The molecular weight excluding hydrogens is 301 g/mol. The zero-order valence-electron chi connectivity index (χ0n) is 11.4. The van der Waals surface area contributed by atoms with Crippen LogP contribution in [0.2, 0.25) is 0 Å². The van der Waals surface area contributed by atoms with E-state index in [1.54, 1.807) is 32.4 Å². The van der Waals surface area contributed by atoms with E-state index in [0.29, 0.717) is 24.6 Å². The molecule has 0 atom stereocenters. The molecule has 0 bridgehead atoms. The van der Waals surface area contributed by atoms with Crippen molar-refractivity contribution in [3.05, 3.63) is 36.4 Å². The van der Waals surface area contributed by atoms with Crippen molar-refractivity contribution in [3.63, 3.8) is 0 Å². The number of ether oxygens (including phenoxy) is 2. The number of hydrogen-bond donors (Lipinski definition) is 0. The Bertz CT molecular complexity index is 477. The monoisotopic (exact) mass is 317 g/mol. The van der Waals surface area contributed by atoms with Crippen LogP contribution in [0.5, 0.6) is 11.5 Å². The summed E-state index contributed by atoms with van der Waals surface area (Å²) in [5, 5.41) is 0. The summed E-state index contributed by atoms with van der Waals surface area (Å²) in [5.74, 6) is 0.873. The second-order valence-corrected chi connectivity index (χ2v) is 5.09. The van der Waals surface area contributed by atoms with Crippen molar-refractivity contribution < 1.29 is 14.3 Å². The van der Waals surface area contributed by atoms with Gasteiger partial charge in [0.1, 0.15) is 0 Å². The van der Waals surface area contributed by atoms with Gasteiger partial charge in [0.2, 0.25) is 0 Å². The molecule has 0 N–H and O–H groups in total. The third kappa shape index (κ3) is 4.32. The molecule has 0 spiro atoms. The van der Waals surface area contributed by atoms with Crippen molar-refractivity contribution >= 4 is 29.1 Å². The molecule has 0 radical (unpaired) electrons. The Morgan fingerprint density at radius 1 is 1.35 bits per heavy atom. The lowest BCUT2D eigenvalue weighted by Crippen LogP contribution is -2.34. The zero-order valence-corrected chi connectivity index (χ0v) is 12.9. The molecule has 0 aliphatic heterocycles.